The third-order valence-electron chi connectivity index (χ3n) is 10.1. The predicted molar refractivity (Wildman–Crippen MR) is 119 cm³/mol. The predicted octanol–water partition coefficient (Wildman–Crippen LogP) is 5.19. The van der Waals surface area contributed by atoms with Gasteiger partial charge in [0.1, 0.15) is 12.2 Å². The van der Waals surface area contributed by atoms with Gasteiger partial charge in [-0.3, -0.25) is 4.79 Å². The van der Waals surface area contributed by atoms with Crippen LogP contribution in [0, 0.1) is 22.7 Å². The van der Waals surface area contributed by atoms with Crippen molar-refractivity contribution in [1.82, 2.24) is 0 Å². The fourth-order valence-corrected chi connectivity index (χ4v) is 8.35. The van der Waals surface area contributed by atoms with Gasteiger partial charge in [-0.25, -0.2) is 0 Å². The second-order valence-electron chi connectivity index (χ2n) is 11.7. The molecule has 2 aliphatic carbocycles. The third-order valence-corrected chi connectivity index (χ3v) is 10.1. The van der Waals surface area contributed by atoms with Crippen molar-refractivity contribution in [2.45, 2.75) is 89.3 Å². The molecule has 1 aromatic carbocycles. The molecule has 0 radical (unpaired) electrons. The zero-order valence-corrected chi connectivity index (χ0v) is 19.6. The van der Waals surface area contributed by atoms with Gasteiger partial charge in [0.2, 0.25) is 0 Å². The Balaban J connectivity index is 1.30. The van der Waals surface area contributed by atoms with E-state index in [0.29, 0.717) is 31.5 Å². The largest absolute Gasteiger partial charge is 0.463 e. The Morgan fingerprint density at radius 1 is 0.969 bits per heavy atom. The highest BCUT2D eigenvalue weighted by Gasteiger charge is 2.70. The van der Waals surface area contributed by atoms with Crippen molar-refractivity contribution in [3.63, 3.8) is 0 Å². The Morgan fingerprint density at radius 2 is 1.78 bits per heavy atom. The lowest BCUT2D eigenvalue weighted by molar-refractivity contribution is -0.331. The van der Waals surface area contributed by atoms with Gasteiger partial charge in [0.15, 0.2) is 6.29 Å². The van der Waals surface area contributed by atoms with Gasteiger partial charge in [0.25, 0.3) is 0 Å². The van der Waals surface area contributed by atoms with E-state index < -0.39 is 5.60 Å². The summed E-state index contributed by atoms with van der Waals surface area (Å²) in [6.45, 7) is 8.36. The van der Waals surface area contributed by atoms with Gasteiger partial charge in [0, 0.05) is 16.4 Å². The van der Waals surface area contributed by atoms with Crippen LogP contribution >= 0.6 is 0 Å². The van der Waals surface area contributed by atoms with Crippen molar-refractivity contribution >= 4 is 5.97 Å². The number of rotatable bonds is 1. The van der Waals surface area contributed by atoms with E-state index in [4.69, 9.17) is 18.9 Å². The first-order valence-electron chi connectivity index (χ1n) is 12.5. The summed E-state index contributed by atoms with van der Waals surface area (Å²) in [5.41, 5.74) is 0.493. The number of hydrogen-bond acceptors (Lipinski definition) is 5. The third kappa shape index (κ3) is 2.77. The molecule has 3 heterocycles. The summed E-state index contributed by atoms with van der Waals surface area (Å²) in [5, 5.41) is 0. The smallest absolute Gasteiger partial charge is 0.308 e. The first kappa shape index (κ1) is 21.1. The number of cyclic esters (lactones) is 1. The summed E-state index contributed by atoms with van der Waals surface area (Å²) in [5.74, 6) is 0.834. The SMILES string of the molecule is C[C@@H]1CC[C@H]2[C@]3(C)CO[C@H](c4ccccc4)O[C@H]3CC[C@]2(C)[C@@]12CC[C@]1(COC(=O)C1)O2. The van der Waals surface area contributed by atoms with E-state index in [2.05, 4.69) is 32.9 Å². The molecular formula is C27H36O5. The number of fused-ring (bicyclic) bond motifs is 4. The van der Waals surface area contributed by atoms with Crippen LogP contribution in [0.15, 0.2) is 30.3 Å². The molecule has 5 nitrogen and oxygen atoms in total. The molecule has 8 atom stereocenters. The van der Waals surface area contributed by atoms with Crippen LogP contribution in [0.5, 0.6) is 0 Å². The lowest BCUT2D eigenvalue weighted by Crippen LogP contribution is -2.67. The van der Waals surface area contributed by atoms with Crippen LogP contribution in [-0.2, 0) is 23.7 Å². The quantitative estimate of drug-likeness (QED) is 0.563. The minimum absolute atomic E-state index is 0.0352. The van der Waals surface area contributed by atoms with Crippen LogP contribution in [0.2, 0.25) is 0 Å². The van der Waals surface area contributed by atoms with Crippen LogP contribution in [0.3, 0.4) is 0 Å². The maximum absolute atomic E-state index is 12.0. The van der Waals surface area contributed by atoms with E-state index in [-0.39, 0.29) is 34.8 Å². The van der Waals surface area contributed by atoms with Crippen molar-refractivity contribution in [2.75, 3.05) is 13.2 Å². The molecule has 3 saturated heterocycles. The molecule has 0 unspecified atom stereocenters. The average molecular weight is 441 g/mol. The van der Waals surface area contributed by atoms with Crippen molar-refractivity contribution in [3.8, 4) is 0 Å². The molecule has 0 bridgehead atoms. The number of benzene rings is 1. The summed E-state index contributed by atoms with van der Waals surface area (Å²) >= 11 is 0. The molecule has 2 saturated carbocycles. The molecule has 5 heteroatoms. The zero-order valence-electron chi connectivity index (χ0n) is 19.6. The molecule has 0 aromatic heterocycles. The first-order valence-corrected chi connectivity index (χ1v) is 12.5. The fraction of sp³-hybridized carbons (Fsp3) is 0.741. The second kappa shape index (κ2) is 7.04. The van der Waals surface area contributed by atoms with Crippen LogP contribution in [0.4, 0.5) is 0 Å². The molecule has 0 N–H and O–H groups in total. The minimum atomic E-state index is -0.411. The van der Waals surface area contributed by atoms with E-state index in [1.165, 1.54) is 6.42 Å². The lowest BCUT2D eigenvalue weighted by Gasteiger charge is -2.66. The van der Waals surface area contributed by atoms with Gasteiger partial charge in [-0.05, 0) is 50.4 Å². The summed E-state index contributed by atoms with van der Waals surface area (Å²) in [6, 6.07) is 10.3. The average Bonchev–Trinajstić information content (AvgIpc) is 3.35. The summed E-state index contributed by atoms with van der Waals surface area (Å²) < 4.78 is 25.5. The minimum Gasteiger partial charge on any atom is -0.463 e. The molecule has 6 rings (SSSR count). The fourth-order valence-electron chi connectivity index (χ4n) is 8.35. The molecule has 5 fully saturated rings. The van der Waals surface area contributed by atoms with E-state index in [1.807, 2.05) is 18.2 Å². The maximum atomic E-state index is 12.0. The zero-order chi connectivity index (χ0) is 22.2. The van der Waals surface area contributed by atoms with Gasteiger partial charge < -0.3 is 18.9 Å². The van der Waals surface area contributed by atoms with E-state index in [1.54, 1.807) is 0 Å². The molecule has 1 aromatic rings. The molecule has 3 aliphatic heterocycles. The Morgan fingerprint density at radius 3 is 2.53 bits per heavy atom. The number of carbonyl (C=O) groups excluding carboxylic acids is 1. The number of ether oxygens (including phenoxy) is 4. The van der Waals surface area contributed by atoms with Gasteiger partial charge >= 0.3 is 5.97 Å². The molecule has 174 valence electrons. The van der Waals surface area contributed by atoms with Crippen LogP contribution < -0.4 is 0 Å². The maximum Gasteiger partial charge on any atom is 0.308 e. The molecule has 5 aliphatic rings. The summed E-state index contributed by atoms with van der Waals surface area (Å²) in [7, 11) is 0. The Bertz CT molecular complexity index is 903. The van der Waals surface area contributed by atoms with Gasteiger partial charge in [0.05, 0.1) is 24.7 Å². The van der Waals surface area contributed by atoms with Gasteiger partial charge in [-0.15, -0.1) is 0 Å². The van der Waals surface area contributed by atoms with E-state index in [0.717, 1.165) is 37.7 Å². The van der Waals surface area contributed by atoms with Crippen molar-refractivity contribution in [2.24, 2.45) is 22.7 Å². The first-order chi connectivity index (χ1) is 15.3. The Kier molecular flexibility index (Phi) is 4.65. The molecule has 0 amide bonds. The lowest BCUT2D eigenvalue weighted by atomic mass is 9.43. The Labute approximate surface area is 191 Å². The molecular weight excluding hydrogens is 404 g/mol. The van der Waals surface area contributed by atoms with Gasteiger partial charge in [-0.1, -0.05) is 51.1 Å². The highest BCUT2D eigenvalue weighted by molar-refractivity contribution is 5.73. The van der Waals surface area contributed by atoms with Crippen molar-refractivity contribution in [3.05, 3.63) is 35.9 Å². The number of esters is 1. The normalized spacial score (nSPS) is 50.3. The summed E-state index contributed by atoms with van der Waals surface area (Å²) in [6.07, 6.45) is 6.72. The Hall–Kier alpha value is -1.43. The number of hydrogen-bond donors (Lipinski definition) is 0. The topological polar surface area (TPSA) is 54.0 Å². The standard InChI is InChI=1S/C27H36O5/c1-18-9-10-20-24(2)16-30-23(19-7-5-4-6-8-19)31-21(24)11-12-25(20,3)27(18)14-13-26(32-27)15-22(28)29-17-26/h4-8,18,20-21,23H,9-17H2,1-3H3/t18-,20+,21+,23+,24+,25+,26+,27-/m1/s1. The van der Waals surface area contributed by atoms with E-state index >= 15 is 0 Å². The molecule has 2 spiro atoms. The number of carbonyl (C=O) groups is 1. The molecule has 32 heavy (non-hydrogen) atoms. The summed E-state index contributed by atoms with van der Waals surface area (Å²) in [4.78, 5) is 12.0. The van der Waals surface area contributed by atoms with Crippen LogP contribution in [0.25, 0.3) is 0 Å². The van der Waals surface area contributed by atoms with Crippen molar-refractivity contribution < 1.29 is 23.7 Å². The highest BCUT2D eigenvalue weighted by atomic mass is 16.7. The highest BCUT2D eigenvalue weighted by Crippen LogP contribution is 2.69. The van der Waals surface area contributed by atoms with Crippen molar-refractivity contribution in [1.29, 1.82) is 0 Å². The van der Waals surface area contributed by atoms with Crippen LogP contribution in [-0.4, -0.2) is 36.5 Å². The van der Waals surface area contributed by atoms with E-state index in [9.17, 15) is 4.79 Å². The monoisotopic (exact) mass is 440 g/mol. The second-order valence-corrected chi connectivity index (χ2v) is 11.7. The van der Waals surface area contributed by atoms with Gasteiger partial charge in [-0.2, -0.15) is 0 Å². The van der Waals surface area contributed by atoms with Crippen LogP contribution in [0.1, 0.15) is 77.6 Å².